The van der Waals surface area contributed by atoms with Crippen LogP contribution < -0.4 is 0 Å². The third-order valence-electron chi connectivity index (χ3n) is 2.88. The molecule has 2 unspecified atom stereocenters. The van der Waals surface area contributed by atoms with Crippen molar-refractivity contribution in [3.63, 3.8) is 0 Å². The number of hydrogen-bond donors (Lipinski definition) is 1. The number of hydrogen-bond acceptors (Lipinski definition) is 3. The maximum absolute atomic E-state index is 8.66. The molecule has 0 saturated carbocycles. The minimum absolute atomic E-state index is 0.339. The highest BCUT2D eigenvalue weighted by Gasteiger charge is 2.21. The molecule has 3 heteroatoms. The molecule has 1 rings (SSSR count). The molecule has 0 aromatic rings. The van der Waals surface area contributed by atoms with Crippen molar-refractivity contribution >= 4 is 0 Å². The molecule has 1 heterocycles. The Balaban J connectivity index is 2.04. The molecule has 2 atom stereocenters. The summed E-state index contributed by atoms with van der Waals surface area (Å²) in [6, 6.07) is 0. The van der Waals surface area contributed by atoms with Gasteiger partial charge in [-0.25, -0.2) is 0 Å². The Bertz CT molecular complexity index is 154. The van der Waals surface area contributed by atoms with Gasteiger partial charge in [0.2, 0.25) is 0 Å². The highest BCUT2D eigenvalue weighted by atomic mass is 16.5. The third kappa shape index (κ3) is 5.50. The molecule has 0 amide bonds. The molecule has 1 aliphatic heterocycles. The SMILES string of the molecule is CC1CN(CCCCCCO)CC(C)O1. The Labute approximate surface area is 93.4 Å². The molecule has 15 heavy (non-hydrogen) atoms. The van der Waals surface area contributed by atoms with Gasteiger partial charge in [0.15, 0.2) is 0 Å². The van der Waals surface area contributed by atoms with E-state index in [2.05, 4.69) is 18.7 Å². The smallest absolute Gasteiger partial charge is 0.0678 e. The van der Waals surface area contributed by atoms with Gasteiger partial charge in [0.1, 0.15) is 0 Å². The average Bonchev–Trinajstić information content (AvgIpc) is 2.16. The highest BCUT2D eigenvalue weighted by Crippen LogP contribution is 2.11. The van der Waals surface area contributed by atoms with Crippen LogP contribution in [0.3, 0.4) is 0 Å². The molecule has 0 aliphatic carbocycles. The van der Waals surface area contributed by atoms with Crippen LogP contribution in [0.2, 0.25) is 0 Å². The number of rotatable bonds is 6. The van der Waals surface area contributed by atoms with E-state index in [9.17, 15) is 0 Å². The van der Waals surface area contributed by atoms with Crippen molar-refractivity contribution in [3.05, 3.63) is 0 Å². The van der Waals surface area contributed by atoms with E-state index in [-0.39, 0.29) is 0 Å². The third-order valence-corrected chi connectivity index (χ3v) is 2.88. The number of unbranched alkanes of at least 4 members (excludes halogenated alkanes) is 3. The van der Waals surface area contributed by atoms with Crippen LogP contribution in [0, 0.1) is 0 Å². The Morgan fingerprint density at radius 3 is 2.27 bits per heavy atom. The summed E-state index contributed by atoms with van der Waals surface area (Å²) >= 11 is 0. The van der Waals surface area contributed by atoms with Crippen LogP contribution in [0.1, 0.15) is 39.5 Å². The van der Waals surface area contributed by atoms with E-state index in [0.29, 0.717) is 18.8 Å². The van der Waals surface area contributed by atoms with Crippen LogP contribution in [0.5, 0.6) is 0 Å². The normalized spacial score (nSPS) is 28.2. The standard InChI is InChI=1S/C12H25NO2/c1-11-9-13(10-12(2)15-11)7-5-3-4-6-8-14/h11-12,14H,3-10H2,1-2H3. The number of aliphatic hydroxyl groups is 1. The van der Waals surface area contributed by atoms with E-state index in [1.165, 1.54) is 19.4 Å². The summed E-state index contributed by atoms with van der Waals surface area (Å²) in [6.07, 6.45) is 5.36. The summed E-state index contributed by atoms with van der Waals surface area (Å²) in [4.78, 5) is 2.50. The maximum atomic E-state index is 8.66. The Hall–Kier alpha value is -0.120. The lowest BCUT2D eigenvalue weighted by molar-refractivity contribution is -0.0681. The van der Waals surface area contributed by atoms with Crippen molar-refractivity contribution in [2.75, 3.05) is 26.2 Å². The second-order valence-corrected chi connectivity index (χ2v) is 4.65. The van der Waals surface area contributed by atoms with E-state index in [0.717, 1.165) is 25.9 Å². The van der Waals surface area contributed by atoms with Gasteiger partial charge in [0, 0.05) is 19.7 Å². The Kier molecular flexibility index (Phi) is 6.22. The van der Waals surface area contributed by atoms with Crippen molar-refractivity contribution in [1.82, 2.24) is 4.90 Å². The zero-order chi connectivity index (χ0) is 11.1. The predicted octanol–water partition coefficient (Wildman–Crippen LogP) is 1.65. The second-order valence-electron chi connectivity index (χ2n) is 4.65. The largest absolute Gasteiger partial charge is 0.396 e. The molecule has 0 aromatic heterocycles. The highest BCUT2D eigenvalue weighted by molar-refractivity contribution is 4.72. The van der Waals surface area contributed by atoms with Gasteiger partial charge in [-0.1, -0.05) is 12.8 Å². The van der Waals surface area contributed by atoms with Crippen molar-refractivity contribution < 1.29 is 9.84 Å². The summed E-state index contributed by atoms with van der Waals surface area (Å²) in [5.74, 6) is 0. The minimum atomic E-state index is 0.339. The molecule has 0 spiro atoms. The van der Waals surface area contributed by atoms with Crippen LogP contribution in [0.4, 0.5) is 0 Å². The van der Waals surface area contributed by atoms with Crippen LogP contribution in [0.25, 0.3) is 0 Å². The van der Waals surface area contributed by atoms with E-state index < -0.39 is 0 Å². The molecule has 1 N–H and O–H groups in total. The first kappa shape index (κ1) is 12.9. The van der Waals surface area contributed by atoms with Gasteiger partial charge in [0.05, 0.1) is 12.2 Å². The van der Waals surface area contributed by atoms with Gasteiger partial charge >= 0.3 is 0 Å². The zero-order valence-electron chi connectivity index (χ0n) is 10.1. The first-order valence-corrected chi connectivity index (χ1v) is 6.21. The summed E-state index contributed by atoms with van der Waals surface area (Å²) in [6.45, 7) is 7.96. The molecule has 1 aliphatic rings. The summed E-state index contributed by atoms with van der Waals surface area (Å²) in [5.41, 5.74) is 0. The minimum Gasteiger partial charge on any atom is -0.396 e. The number of aliphatic hydroxyl groups excluding tert-OH is 1. The molecule has 90 valence electrons. The molecule has 0 aromatic carbocycles. The number of nitrogens with zero attached hydrogens (tertiary/aromatic N) is 1. The topological polar surface area (TPSA) is 32.7 Å². The molecular weight excluding hydrogens is 190 g/mol. The summed E-state index contributed by atoms with van der Waals surface area (Å²) in [7, 11) is 0. The van der Waals surface area contributed by atoms with Crippen molar-refractivity contribution in [2.24, 2.45) is 0 Å². The monoisotopic (exact) mass is 215 g/mol. The summed E-state index contributed by atoms with van der Waals surface area (Å²) < 4.78 is 5.69. The lowest BCUT2D eigenvalue weighted by Crippen LogP contribution is -2.45. The molecule has 1 fully saturated rings. The first-order valence-electron chi connectivity index (χ1n) is 6.21. The van der Waals surface area contributed by atoms with Gasteiger partial charge < -0.3 is 9.84 Å². The number of morpholine rings is 1. The average molecular weight is 215 g/mol. The lowest BCUT2D eigenvalue weighted by atomic mass is 10.1. The Morgan fingerprint density at radius 1 is 1.07 bits per heavy atom. The molecular formula is C12H25NO2. The predicted molar refractivity (Wildman–Crippen MR) is 62.0 cm³/mol. The van der Waals surface area contributed by atoms with Crippen LogP contribution in [-0.4, -0.2) is 48.5 Å². The first-order chi connectivity index (χ1) is 7.22. The fourth-order valence-electron chi connectivity index (χ4n) is 2.27. The molecule has 0 bridgehead atoms. The second kappa shape index (κ2) is 7.20. The van der Waals surface area contributed by atoms with Crippen molar-refractivity contribution in [2.45, 2.75) is 51.7 Å². The fourth-order valence-corrected chi connectivity index (χ4v) is 2.27. The molecule has 1 saturated heterocycles. The van der Waals surface area contributed by atoms with Crippen LogP contribution >= 0.6 is 0 Å². The van der Waals surface area contributed by atoms with Crippen LogP contribution in [0.15, 0.2) is 0 Å². The van der Waals surface area contributed by atoms with Gasteiger partial charge in [-0.15, -0.1) is 0 Å². The van der Waals surface area contributed by atoms with Gasteiger partial charge in [-0.3, -0.25) is 4.90 Å². The Morgan fingerprint density at radius 2 is 1.67 bits per heavy atom. The van der Waals surface area contributed by atoms with E-state index >= 15 is 0 Å². The van der Waals surface area contributed by atoms with E-state index in [1.54, 1.807) is 0 Å². The van der Waals surface area contributed by atoms with Gasteiger partial charge in [0.25, 0.3) is 0 Å². The van der Waals surface area contributed by atoms with Gasteiger partial charge in [-0.2, -0.15) is 0 Å². The zero-order valence-corrected chi connectivity index (χ0v) is 10.1. The molecule has 3 nitrogen and oxygen atoms in total. The van der Waals surface area contributed by atoms with Gasteiger partial charge in [-0.05, 0) is 33.2 Å². The van der Waals surface area contributed by atoms with Crippen molar-refractivity contribution in [3.8, 4) is 0 Å². The quantitative estimate of drug-likeness (QED) is 0.684. The lowest BCUT2D eigenvalue weighted by Gasteiger charge is -2.35. The summed E-state index contributed by atoms with van der Waals surface area (Å²) in [5, 5.41) is 8.66. The fraction of sp³-hybridized carbons (Fsp3) is 1.00. The number of ether oxygens (including phenoxy) is 1. The van der Waals surface area contributed by atoms with E-state index in [4.69, 9.17) is 9.84 Å². The van der Waals surface area contributed by atoms with Crippen molar-refractivity contribution in [1.29, 1.82) is 0 Å². The maximum Gasteiger partial charge on any atom is 0.0678 e. The van der Waals surface area contributed by atoms with Crippen LogP contribution in [-0.2, 0) is 4.74 Å². The molecule has 0 radical (unpaired) electrons. The van der Waals surface area contributed by atoms with E-state index in [1.807, 2.05) is 0 Å².